The van der Waals surface area contributed by atoms with E-state index in [1.807, 2.05) is 121 Å². The molecule has 0 radical (unpaired) electrons. The van der Waals surface area contributed by atoms with Crippen LogP contribution in [-0.4, -0.2) is 33.3 Å². The molecule has 0 aliphatic carbocycles. The molecule has 1 aliphatic rings. The molecule has 0 amide bonds. The van der Waals surface area contributed by atoms with Crippen LogP contribution in [-0.2, 0) is 19.1 Å². The second kappa shape index (κ2) is 12.0. The minimum absolute atomic E-state index is 0.332. The van der Waals surface area contributed by atoms with Crippen LogP contribution in [0.15, 0.2) is 120 Å². The molecule has 4 aromatic rings. The lowest BCUT2D eigenvalue weighted by Gasteiger charge is -2.40. The number of carbonyl (C=O) groups is 2. The first kappa shape index (κ1) is 27.5. The quantitative estimate of drug-likeness (QED) is 0.239. The Morgan fingerprint density at radius 2 is 1.07 bits per heavy atom. The van der Waals surface area contributed by atoms with Crippen molar-refractivity contribution in [2.24, 2.45) is 0 Å². The van der Waals surface area contributed by atoms with Crippen molar-refractivity contribution in [2.75, 3.05) is 26.2 Å². The Morgan fingerprint density at radius 3 is 1.49 bits per heavy atom. The molecular weight excluding hydrogens is 514 g/mol. The maximum Gasteiger partial charge on any atom is 0.336 e. The van der Waals surface area contributed by atoms with E-state index in [1.54, 1.807) is 7.11 Å². The van der Waals surface area contributed by atoms with Crippen molar-refractivity contribution in [3.8, 4) is 5.75 Å². The third-order valence-electron chi connectivity index (χ3n) is 7.18. The minimum Gasteiger partial charge on any atom is -0.497 e. The topological polar surface area (TPSA) is 65.1 Å². The maximum atomic E-state index is 13.9. The molecule has 0 fully saturated rings. The SMILES string of the molecule is COC(=O)C1=C(c2ccccc2)N(c2ccc(OC)cc2)C(c2ccccc2)=C(C(=O)OC)C1c1ccc(C)cc1. The molecule has 0 N–H and O–H groups in total. The van der Waals surface area contributed by atoms with Gasteiger partial charge in [-0.2, -0.15) is 0 Å². The lowest BCUT2D eigenvalue weighted by Crippen LogP contribution is -2.35. The van der Waals surface area contributed by atoms with Crippen molar-refractivity contribution >= 4 is 29.0 Å². The zero-order valence-corrected chi connectivity index (χ0v) is 23.5. The van der Waals surface area contributed by atoms with Crippen molar-refractivity contribution < 1.29 is 23.8 Å². The Labute approximate surface area is 240 Å². The number of aryl methyl sites for hydroxylation is 1. The fourth-order valence-corrected chi connectivity index (χ4v) is 5.26. The van der Waals surface area contributed by atoms with Gasteiger partial charge in [0.15, 0.2) is 0 Å². The predicted molar refractivity (Wildman–Crippen MR) is 160 cm³/mol. The molecule has 0 spiro atoms. The van der Waals surface area contributed by atoms with E-state index in [1.165, 1.54) is 14.2 Å². The largest absolute Gasteiger partial charge is 0.497 e. The van der Waals surface area contributed by atoms with E-state index in [0.717, 1.165) is 27.9 Å². The number of methoxy groups -OCH3 is 3. The summed E-state index contributed by atoms with van der Waals surface area (Å²) in [6.45, 7) is 2.00. The standard InChI is InChI=1S/C35H31NO5/c1-23-15-17-24(18-16-23)29-30(34(37)40-3)32(25-11-7-5-8-12-25)36(27-19-21-28(39-2)22-20-27)33(31(29)35(38)41-4)26-13-9-6-10-14-26/h5-22,29H,1-4H3. The van der Waals surface area contributed by atoms with Gasteiger partial charge in [-0.25, -0.2) is 9.59 Å². The molecule has 41 heavy (non-hydrogen) atoms. The average Bonchev–Trinajstić information content (AvgIpc) is 3.04. The van der Waals surface area contributed by atoms with Crippen molar-refractivity contribution in [3.63, 3.8) is 0 Å². The lowest BCUT2D eigenvalue weighted by atomic mass is 9.77. The summed E-state index contributed by atoms with van der Waals surface area (Å²) in [7, 11) is 4.32. The zero-order chi connectivity index (χ0) is 28.9. The summed E-state index contributed by atoms with van der Waals surface area (Å²) < 4.78 is 16.3. The van der Waals surface area contributed by atoms with Crippen molar-refractivity contribution in [2.45, 2.75) is 12.8 Å². The molecule has 0 aromatic heterocycles. The number of esters is 2. The molecule has 0 saturated carbocycles. The van der Waals surface area contributed by atoms with Gasteiger partial charge >= 0.3 is 11.9 Å². The number of nitrogens with zero attached hydrogens (tertiary/aromatic N) is 1. The molecule has 1 heterocycles. The van der Waals surface area contributed by atoms with Crippen LogP contribution in [0.4, 0.5) is 5.69 Å². The molecule has 4 aromatic carbocycles. The van der Waals surface area contributed by atoms with E-state index in [0.29, 0.717) is 28.3 Å². The van der Waals surface area contributed by atoms with Gasteiger partial charge in [0.25, 0.3) is 0 Å². The second-order valence-corrected chi connectivity index (χ2v) is 9.62. The fourth-order valence-electron chi connectivity index (χ4n) is 5.26. The highest BCUT2D eigenvalue weighted by Crippen LogP contribution is 2.50. The summed E-state index contributed by atoms with van der Waals surface area (Å²) in [5, 5.41) is 0. The molecule has 6 nitrogen and oxygen atoms in total. The van der Waals surface area contributed by atoms with Crippen molar-refractivity contribution in [1.82, 2.24) is 0 Å². The number of rotatable bonds is 7. The highest BCUT2D eigenvalue weighted by Gasteiger charge is 2.44. The van der Waals surface area contributed by atoms with Crippen LogP contribution in [0.1, 0.15) is 28.2 Å². The Balaban J connectivity index is 1.98. The molecule has 0 unspecified atom stereocenters. The van der Waals surface area contributed by atoms with Gasteiger partial charge in [-0.1, -0.05) is 90.5 Å². The predicted octanol–water partition coefficient (Wildman–Crippen LogP) is 6.78. The van der Waals surface area contributed by atoms with Crippen LogP contribution in [0.25, 0.3) is 11.4 Å². The van der Waals surface area contributed by atoms with Crippen LogP contribution in [0.5, 0.6) is 5.75 Å². The molecular formula is C35H31NO5. The Bertz CT molecular complexity index is 1530. The Hall–Kier alpha value is -5.10. The lowest BCUT2D eigenvalue weighted by molar-refractivity contribution is -0.136. The number of hydrogen-bond acceptors (Lipinski definition) is 6. The van der Waals surface area contributed by atoms with E-state index in [4.69, 9.17) is 14.2 Å². The molecule has 1 aliphatic heterocycles. The number of hydrogen-bond donors (Lipinski definition) is 0. The van der Waals surface area contributed by atoms with E-state index in [2.05, 4.69) is 0 Å². The number of benzene rings is 4. The van der Waals surface area contributed by atoms with E-state index in [-0.39, 0.29) is 0 Å². The van der Waals surface area contributed by atoms with Gasteiger partial charge < -0.3 is 19.1 Å². The first-order valence-corrected chi connectivity index (χ1v) is 13.2. The second-order valence-electron chi connectivity index (χ2n) is 9.62. The van der Waals surface area contributed by atoms with Gasteiger partial charge in [0.05, 0.1) is 49.8 Å². The molecule has 0 atom stereocenters. The van der Waals surface area contributed by atoms with Gasteiger partial charge in [0.2, 0.25) is 0 Å². The van der Waals surface area contributed by atoms with Crippen LogP contribution >= 0.6 is 0 Å². The first-order valence-electron chi connectivity index (χ1n) is 13.2. The summed E-state index contributed by atoms with van der Waals surface area (Å²) in [6, 6.07) is 34.7. The van der Waals surface area contributed by atoms with Crippen LogP contribution < -0.4 is 9.64 Å². The average molecular weight is 546 g/mol. The van der Waals surface area contributed by atoms with Crippen molar-refractivity contribution in [3.05, 3.63) is 143 Å². The fraction of sp³-hybridized carbons (Fsp3) is 0.143. The van der Waals surface area contributed by atoms with Gasteiger partial charge in [-0.05, 0) is 47.9 Å². The summed E-state index contributed by atoms with van der Waals surface area (Å²) in [6.07, 6.45) is 0. The number of carbonyl (C=O) groups excluding carboxylic acids is 2. The number of ether oxygens (including phenoxy) is 3. The van der Waals surface area contributed by atoms with E-state index < -0.39 is 17.9 Å². The summed E-state index contributed by atoms with van der Waals surface area (Å²) in [4.78, 5) is 29.7. The normalized spacial score (nSPS) is 13.7. The monoisotopic (exact) mass is 545 g/mol. The summed E-state index contributed by atoms with van der Waals surface area (Å²) in [5.74, 6) is -1.17. The molecule has 5 rings (SSSR count). The molecule has 0 bridgehead atoms. The van der Waals surface area contributed by atoms with Crippen LogP contribution in [0, 0.1) is 6.92 Å². The third kappa shape index (κ3) is 5.24. The van der Waals surface area contributed by atoms with E-state index >= 15 is 0 Å². The summed E-state index contributed by atoms with van der Waals surface area (Å²) >= 11 is 0. The summed E-state index contributed by atoms with van der Waals surface area (Å²) in [5.41, 5.74) is 6.03. The molecule has 6 heteroatoms. The number of anilines is 1. The smallest absolute Gasteiger partial charge is 0.336 e. The van der Waals surface area contributed by atoms with Crippen molar-refractivity contribution in [1.29, 1.82) is 0 Å². The van der Waals surface area contributed by atoms with Gasteiger partial charge in [0, 0.05) is 5.69 Å². The van der Waals surface area contributed by atoms with Gasteiger partial charge in [-0.3, -0.25) is 0 Å². The van der Waals surface area contributed by atoms with Gasteiger partial charge in [-0.15, -0.1) is 0 Å². The molecule has 0 saturated heterocycles. The van der Waals surface area contributed by atoms with Crippen LogP contribution in [0.3, 0.4) is 0 Å². The minimum atomic E-state index is -0.768. The van der Waals surface area contributed by atoms with Crippen LogP contribution in [0.2, 0.25) is 0 Å². The Kier molecular flexibility index (Phi) is 8.01. The first-order chi connectivity index (χ1) is 20.0. The highest BCUT2D eigenvalue weighted by atomic mass is 16.5. The highest BCUT2D eigenvalue weighted by molar-refractivity contribution is 6.16. The Morgan fingerprint density at radius 1 is 0.610 bits per heavy atom. The third-order valence-corrected chi connectivity index (χ3v) is 7.18. The maximum absolute atomic E-state index is 13.9. The van der Waals surface area contributed by atoms with E-state index in [9.17, 15) is 9.59 Å². The zero-order valence-electron chi connectivity index (χ0n) is 23.5. The van der Waals surface area contributed by atoms with Gasteiger partial charge in [0.1, 0.15) is 5.75 Å². The molecule has 206 valence electrons.